The summed E-state index contributed by atoms with van der Waals surface area (Å²) < 4.78 is 0. The van der Waals surface area contributed by atoms with Gasteiger partial charge in [-0.3, -0.25) is 14.5 Å². The van der Waals surface area contributed by atoms with Crippen LogP contribution in [0.15, 0.2) is 0 Å². The highest BCUT2D eigenvalue weighted by molar-refractivity contribution is 6.07. The summed E-state index contributed by atoms with van der Waals surface area (Å²) in [7, 11) is 0. The van der Waals surface area contributed by atoms with Crippen molar-refractivity contribution < 1.29 is 14.4 Å². The Bertz CT molecular complexity index is 684. The van der Waals surface area contributed by atoms with Gasteiger partial charge >= 0.3 is 6.03 Å². The number of hydrogen-bond acceptors (Lipinski definition) is 4. The predicted octanol–water partition coefficient (Wildman–Crippen LogP) is 2.95. The number of piperidine rings is 1. The molecular weight excluding hydrogens is 380 g/mol. The molecule has 170 valence electrons. The molecule has 3 fully saturated rings. The topological polar surface area (TPSA) is 81.8 Å². The second kappa shape index (κ2) is 8.48. The fraction of sp³-hybridized carbons (Fsp3) is 0.870. The van der Waals surface area contributed by atoms with Crippen LogP contribution in [0, 0.1) is 23.2 Å². The van der Waals surface area contributed by atoms with Crippen molar-refractivity contribution in [2.45, 2.75) is 85.2 Å². The summed E-state index contributed by atoms with van der Waals surface area (Å²) in [6.07, 6.45) is 4.00. The molecule has 3 atom stereocenters. The van der Waals surface area contributed by atoms with E-state index < -0.39 is 5.54 Å². The zero-order valence-electron chi connectivity index (χ0n) is 19.6. The Labute approximate surface area is 181 Å². The molecule has 1 saturated carbocycles. The van der Waals surface area contributed by atoms with E-state index in [1.54, 1.807) is 0 Å². The Hall–Kier alpha value is -1.63. The molecule has 0 aromatic heterocycles. The minimum Gasteiger partial charge on any atom is -0.353 e. The van der Waals surface area contributed by atoms with E-state index in [0.717, 1.165) is 32.4 Å². The zero-order chi connectivity index (χ0) is 22.3. The molecule has 1 spiro atoms. The van der Waals surface area contributed by atoms with E-state index in [4.69, 9.17) is 0 Å². The van der Waals surface area contributed by atoms with Crippen molar-refractivity contribution in [2.75, 3.05) is 19.8 Å². The van der Waals surface area contributed by atoms with Gasteiger partial charge < -0.3 is 10.6 Å². The number of nitrogens with zero attached hydrogens (tertiary/aromatic N) is 2. The van der Waals surface area contributed by atoms with E-state index in [0.29, 0.717) is 31.3 Å². The first-order valence-electron chi connectivity index (χ1n) is 11.6. The molecule has 2 heterocycles. The van der Waals surface area contributed by atoms with Gasteiger partial charge in [0.25, 0.3) is 5.91 Å². The van der Waals surface area contributed by atoms with Crippen LogP contribution >= 0.6 is 0 Å². The molecular formula is C23H40N4O3. The summed E-state index contributed by atoms with van der Waals surface area (Å²) in [5.41, 5.74) is -0.709. The highest BCUT2D eigenvalue weighted by Crippen LogP contribution is 2.46. The molecule has 3 aliphatic rings. The van der Waals surface area contributed by atoms with E-state index in [1.165, 1.54) is 4.90 Å². The fourth-order valence-electron chi connectivity index (χ4n) is 5.68. The number of urea groups is 1. The van der Waals surface area contributed by atoms with Gasteiger partial charge in [-0.05, 0) is 56.3 Å². The minimum absolute atomic E-state index is 0.0110. The zero-order valence-corrected chi connectivity index (χ0v) is 19.6. The molecule has 0 radical (unpaired) electrons. The lowest BCUT2D eigenvalue weighted by molar-refractivity contribution is -0.137. The van der Waals surface area contributed by atoms with Crippen LogP contribution in [-0.2, 0) is 9.59 Å². The van der Waals surface area contributed by atoms with Crippen LogP contribution in [0.1, 0.15) is 73.6 Å². The maximum atomic E-state index is 13.3. The number of hydrogen-bond donors (Lipinski definition) is 2. The second-order valence-electron chi connectivity index (χ2n) is 11.2. The molecule has 2 aliphatic heterocycles. The number of nitrogens with one attached hydrogen (secondary N) is 2. The number of rotatable bonds is 5. The molecule has 0 aromatic rings. The molecule has 4 amide bonds. The van der Waals surface area contributed by atoms with Gasteiger partial charge in [0.1, 0.15) is 5.54 Å². The molecule has 0 bridgehead atoms. The lowest BCUT2D eigenvalue weighted by Crippen LogP contribution is -2.54. The van der Waals surface area contributed by atoms with Crippen molar-refractivity contribution in [2.24, 2.45) is 23.2 Å². The van der Waals surface area contributed by atoms with Gasteiger partial charge in [0.15, 0.2) is 0 Å². The average Bonchev–Trinajstić information content (AvgIpc) is 2.83. The van der Waals surface area contributed by atoms with Gasteiger partial charge in [-0.1, -0.05) is 34.6 Å². The summed E-state index contributed by atoms with van der Waals surface area (Å²) in [4.78, 5) is 42.1. The minimum atomic E-state index is -0.747. The number of carbonyl (C=O) groups is 3. The average molecular weight is 421 g/mol. The second-order valence-corrected chi connectivity index (χ2v) is 11.2. The molecule has 1 aliphatic carbocycles. The van der Waals surface area contributed by atoms with Gasteiger partial charge in [-0.25, -0.2) is 9.69 Å². The van der Waals surface area contributed by atoms with Crippen LogP contribution in [-0.4, -0.2) is 59.0 Å². The van der Waals surface area contributed by atoms with Crippen molar-refractivity contribution >= 4 is 17.8 Å². The largest absolute Gasteiger partial charge is 0.353 e. The van der Waals surface area contributed by atoms with Crippen LogP contribution in [0.3, 0.4) is 0 Å². The van der Waals surface area contributed by atoms with Crippen molar-refractivity contribution in [3.63, 3.8) is 0 Å². The van der Waals surface area contributed by atoms with Gasteiger partial charge in [-0.2, -0.15) is 0 Å². The number of likely N-dealkylation sites (tertiary alicyclic amines) is 1. The lowest BCUT2D eigenvalue weighted by atomic mass is 9.64. The molecule has 30 heavy (non-hydrogen) atoms. The van der Waals surface area contributed by atoms with Crippen LogP contribution in [0.4, 0.5) is 4.79 Å². The van der Waals surface area contributed by atoms with E-state index in [1.807, 2.05) is 6.92 Å². The number of amides is 4. The van der Waals surface area contributed by atoms with Crippen LogP contribution in [0.5, 0.6) is 0 Å². The molecule has 0 aromatic carbocycles. The first-order valence-corrected chi connectivity index (χ1v) is 11.6. The maximum absolute atomic E-state index is 13.3. The van der Waals surface area contributed by atoms with Crippen molar-refractivity contribution in [3.8, 4) is 0 Å². The standard InChI is InChI=1S/C23H40N4O3/c1-15(2)17(4)24-19(28)18-7-9-26(10-8-18)14-27-20(29)23(25-21(27)30)12-16(3)11-22(5,6)13-23/h15-18H,7-14H2,1-6H3,(H,24,28)(H,25,30). The van der Waals surface area contributed by atoms with E-state index >= 15 is 0 Å². The summed E-state index contributed by atoms with van der Waals surface area (Å²) in [6.45, 7) is 14.5. The maximum Gasteiger partial charge on any atom is 0.326 e. The highest BCUT2D eigenvalue weighted by atomic mass is 16.2. The van der Waals surface area contributed by atoms with Crippen molar-refractivity contribution in [3.05, 3.63) is 0 Å². The van der Waals surface area contributed by atoms with Crippen molar-refractivity contribution in [1.82, 2.24) is 20.4 Å². The fourth-order valence-corrected chi connectivity index (χ4v) is 5.68. The van der Waals surface area contributed by atoms with Gasteiger partial charge in [-0.15, -0.1) is 0 Å². The van der Waals surface area contributed by atoms with E-state index in [2.05, 4.69) is 50.2 Å². The van der Waals surface area contributed by atoms with E-state index in [-0.39, 0.29) is 35.2 Å². The Balaban J connectivity index is 1.56. The van der Waals surface area contributed by atoms with Crippen LogP contribution < -0.4 is 10.6 Å². The van der Waals surface area contributed by atoms with E-state index in [9.17, 15) is 14.4 Å². The molecule has 7 heteroatoms. The first kappa shape index (κ1) is 23.0. The molecule has 2 saturated heterocycles. The van der Waals surface area contributed by atoms with Gasteiger partial charge in [0.2, 0.25) is 5.91 Å². The smallest absolute Gasteiger partial charge is 0.326 e. The number of carbonyl (C=O) groups excluding carboxylic acids is 3. The highest BCUT2D eigenvalue weighted by Gasteiger charge is 2.56. The lowest BCUT2D eigenvalue weighted by Gasteiger charge is -2.44. The normalized spacial score (nSPS) is 31.3. The van der Waals surface area contributed by atoms with Crippen molar-refractivity contribution in [1.29, 1.82) is 0 Å². The van der Waals surface area contributed by atoms with Gasteiger partial charge in [0, 0.05) is 25.0 Å². The molecule has 2 N–H and O–H groups in total. The monoisotopic (exact) mass is 420 g/mol. The summed E-state index contributed by atoms with van der Waals surface area (Å²) in [5, 5.41) is 6.17. The Morgan fingerprint density at radius 1 is 1.17 bits per heavy atom. The third-order valence-electron chi connectivity index (χ3n) is 7.29. The molecule has 7 nitrogen and oxygen atoms in total. The predicted molar refractivity (Wildman–Crippen MR) is 117 cm³/mol. The third kappa shape index (κ3) is 4.82. The summed E-state index contributed by atoms with van der Waals surface area (Å²) in [6, 6.07) is -0.102. The SMILES string of the molecule is CC1CC(C)(C)CC2(C1)NC(=O)N(CN1CCC(C(=O)NC(C)C(C)C)CC1)C2=O. The Kier molecular flexibility index (Phi) is 6.51. The van der Waals surface area contributed by atoms with Crippen LogP contribution in [0.2, 0.25) is 0 Å². The molecule has 3 rings (SSSR count). The quantitative estimate of drug-likeness (QED) is 0.670. The Morgan fingerprint density at radius 2 is 1.80 bits per heavy atom. The van der Waals surface area contributed by atoms with Crippen LogP contribution in [0.25, 0.3) is 0 Å². The first-order chi connectivity index (χ1) is 13.9. The Morgan fingerprint density at radius 3 is 2.37 bits per heavy atom. The van der Waals surface area contributed by atoms with Gasteiger partial charge in [0.05, 0.1) is 6.67 Å². The third-order valence-corrected chi connectivity index (χ3v) is 7.29. The number of imide groups is 1. The molecule has 3 unspecified atom stereocenters. The summed E-state index contributed by atoms with van der Waals surface area (Å²) in [5.74, 6) is 0.881. The summed E-state index contributed by atoms with van der Waals surface area (Å²) >= 11 is 0.